The number of anilines is 1. The van der Waals surface area contributed by atoms with Crippen molar-refractivity contribution in [3.63, 3.8) is 0 Å². The van der Waals surface area contributed by atoms with Crippen molar-refractivity contribution in [2.24, 2.45) is 0 Å². The molecule has 2 aromatic carbocycles. The monoisotopic (exact) mass is 521 g/mol. The van der Waals surface area contributed by atoms with Crippen molar-refractivity contribution in [1.82, 2.24) is 9.29 Å². The zero-order valence-electron chi connectivity index (χ0n) is 20.0. The molecule has 0 fully saturated rings. The van der Waals surface area contributed by atoms with Crippen molar-refractivity contribution in [3.05, 3.63) is 103 Å². The highest BCUT2D eigenvalue weighted by atomic mass is 32.2. The molecule has 0 aliphatic rings. The van der Waals surface area contributed by atoms with E-state index in [2.05, 4.69) is 20.1 Å². The number of thiazole rings is 1. The molecule has 4 rings (SSSR count). The van der Waals surface area contributed by atoms with Crippen LogP contribution in [-0.4, -0.2) is 36.7 Å². The Kier molecular flexibility index (Phi) is 7.83. The van der Waals surface area contributed by atoms with Crippen molar-refractivity contribution in [3.8, 4) is 0 Å². The highest BCUT2D eigenvalue weighted by Gasteiger charge is 2.26. The lowest BCUT2D eigenvalue weighted by molar-refractivity contribution is 0.0983. The van der Waals surface area contributed by atoms with Crippen LogP contribution >= 0.6 is 11.3 Å². The third kappa shape index (κ3) is 5.18. The van der Waals surface area contributed by atoms with E-state index in [1.807, 2.05) is 18.2 Å². The van der Waals surface area contributed by atoms with Gasteiger partial charge in [0.2, 0.25) is 10.0 Å². The first-order chi connectivity index (χ1) is 17.4. The Morgan fingerprint density at radius 3 is 2.39 bits per heavy atom. The Balaban J connectivity index is 1.69. The van der Waals surface area contributed by atoms with Gasteiger partial charge in [0.25, 0.3) is 5.91 Å². The first-order valence-corrected chi connectivity index (χ1v) is 13.7. The minimum absolute atomic E-state index is 0.0907. The summed E-state index contributed by atoms with van der Waals surface area (Å²) in [6, 6.07) is 15.5. The summed E-state index contributed by atoms with van der Waals surface area (Å²) in [6.45, 7) is 9.83. The summed E-state index contributed by atoms with van der Waals surface area (Å²) in [4.78, 5) is 20.1. The van der Waals surface area contributed by atoms with Crippen LogP contribution in [0.5, 0.6) is 0 Å². The van der Waals surface area contributed by atoms with Crippen LogP contribution in [0, 0.1) is 0 Å². The molecule has 0 saturated carbocycles. The van der Waals surface area contributed by atoms with Gasteiger partial charge in [-0.2, -0.15) is 4.31 Å². The second kappa shape index (κ2) is 11.0. The number of para-hydroxylation sites is 1. The standard InChI is InChI=1S/C27H27N3O4S2/c1-4-16-29(17-5-2)36(32,33)23-14-12-21(13-15-23)26(31)30(19-22-10-8-18-34-22)27-28-25-20(6-3)9-7-11-24(25)35-27/h4-5,7-15,18H,1-2,6,16-17,19H2,3H3. The second-order valence-electron chi connectivity index (χ2n) is 8.01. The summed E-state index contributed by atoms with van der Waals surface area (Å²) in [5.41, 5.74) is 2.33. The molecular weight excluding hydrogens is 494 g/mol. The highest BCUT2D eigenvalue weighted by molar-refractivity contribution is 7.89. The van der Waals surface area contributed by atoms with Gasteiger partial charge >= 0.3 is 0 Å². The third-order valence-corrected chi connectivity index (χ3v) is 8.54. The van der Waals surface area contributed by atoms with Crippen LogP contribution in [-0.2, 0) is 23.0 Å². The molecule has 0 unspecified atom stereocenters. The molecule has 4 aromatic rings. The first kappa shape index (κ1) is 25.6. The molecule has 1 amide bonds. The van der Waals surface area contributed by atoms with Gasteiger partial charge in [0.15, 0.2) is 5.13 Å². The lowest BCUT2D eigenvalue weighted by Gasteiger charge is -2.20. The SMILES string of the molecule is C=CCN(CC=C)S(=O)(=O)c1ccc(C(=O)N(Cc2ccco2)c2nc3c(CC)cccc3s2)cc1. The second-order valence-corrected chi connectivity index (χ2v) is 11.0. The summed E-state index contributed by atoms with van der Waals surface area (Å²) < 4.78 is 33.8. The lowest BCUT2D eigenvalue weighted by Crippen LogP contribution is -2.32. The van der Waals surface area contributed by atoms with E-state index in [1.54, 1.807) is 23.3 Å². The Morgan fingerprint density at radius 1 is 1.06 bits per heavy atom. The largest absolute Gasteiger partial charge is 0.467 e. The molecule has 2 aromatic heterocycles. The molecule has 0 bridgehead atoms. The third-order valence-electron chi connectivity index (χ3n) is 5.65. The topological polar surface area (TPSA) is 83.7 Å². The van der Waals surface area contributed by atoms with Crippen LogP contribution < -0.4 is 4.90 Å². The fraction of sp³-hybridized carbons (Fsp3) is 0.185. The summed E-state index contributed by atoms with van der Waals surface area (Å²) in [5.74, 6) is 0.309. The molecule has 0 spiro atoms. The Hall–Kier alpha value is -3.53. The number of furan rings is 1. The predicted molar refractivity (Wildman–Crippen MR) is 144 cm³/mol. The molecule has 186 valence electrons. The molecule has 2 heterocycles. The fourth-order valence-electron chi connectivity index (χ4n) is 3.81. The first-order valence-electron chi connectivity index (χ1n) is 11.4. The van der Waals surface area contributed by atoms with Crippen LogP contribution in [0.2, 0.25) is 0 Å². The molecule has 0 atom stereocenters. The summed E-state index contributed by atoms with van der Waals surface area (Å²) in [7, 11) is -3.77. The van der Waals surface area contributed by atoms with E-state index >= 15 is 0 Å². The summed E-state index contributed by atoms with van der Waals surface area (Å²) >= 11 is 1.43. The fourth-order valence-corrected chi connectivity index (χ4v) is 6.21. The quantitative estimate of drug-likeness (QED) is 0.238. The van der Waals surface area contributed by atoms with E-state index in [0.29, 0.717) is 16.5 Å². The zero-order valence-corrected chi connectivity index (χ0v) is 21.6. The van der Waals surface area contributed by atoms with E-state index in [9.17, 15) is 13.2 Å². The molecular formula is C27H27N3O4S2. The van der Waals surface area contributed by atoms with Gasteiger partial charge in [0.1, 0.15) is 5.76 Å². The van der Waals surface area contributed by atoms with Crippen molar-refractivity contribution in [1.29, 1.82) is 0 Å². The minimum atomic E-state index is -3.77. The van der Waals surface area contributed by atoms with Crippen LogP contribution in [0.25, 0.3) is 10.2 Å². The van der Waals surface area contributed by atoms with Gasteiger partial charge in [-0.15, -0.1) is 13.2 Å². The number of sulfonamides is 1. The van der Waals surface area contributed by atoms with Crippen molar-refractivity contribution >= 4 is 42.6 Å². The maximum atomic E-state index is 13.7. The number of aromatic nitrogens is 1. The molecule has 7 nitrogen and oxygen atoms in total. The maximum absolute atomic E-state index is 13.7. The molecule has 0 aliphatic carbocycles. The Labute approximate surface area is 215 Å². The predicted octanol–water partition coefficient (Wildman–Crippen LogP) is 5.66. The van der Waals surface area contributed by atoms with E-state index < -0.39 is 10.0 Å². The number of carbonyl (C=O) groups is 1. The number of benzene rings is 2. The number of aryl methyl sites for hydroxylation is 1. The molecule has 0 aliphatic heterocycles. The van der Waals surface area contributed by atoms with Crippen molar-refractivity contribution in [2.75, 3.05) is 18.0 Å². The Bertz CT molecular complexity index is 1460. The zero-order chi connectivity index (χ0) is 25.7. The van der Waals surface area contributed by atoms with E-state index in [-0.39, 0.29) is 30.4 Å². The number of amides is 1. The van der Waals surface area contributed by atoms with Crippen LogP contribution in [0.4, 0.5) is 5.13 Å². The molecule has 0 N–H and O–H groups in total. The van der Waals surface area contributed by atoms with E-state index in [0.717, 1.165) is 22.2 Å². The van der Waals surface area contributed by atoms with E-state index in [1.165, 1.54) is 52.1 Å². The normalized spacial score (nSPS) is 11.6. The summed E-state index contributed by atoms with van der Waals surface area (Å²) in [6.07, 6.45) is 5.43. The number of carbonyl (C=O) groups excluding carboxylic acids is 1. The van der Waals surface area contributed by atoms with Crippen molar-refractivity contribution < 1.29 is 17.6 Å². The molecule has 0 saturated heterocycles. The highest BCUT2D eigenvalue weighted by Crippen LogP contribution is 2.33. The smallest absolute Gasteiger partial charge is 0.260 e. The van der Waals surface area contributed by atoms with Gasteiger partial charge in [0.05, 0.1) is 27.9 Å². The number of hydrogen-bond acceptors (Lipinski definition) is 6. The number of hydrogen-bond donors (Lipinski definition) is 0. The van der Waals surface area contributed by atoms with Crippen LogP contribution in [0.3, 0.4) is 0 Å². The number of rotatable bonds is 11. The number of nitrogens with zero attached hydrogens (tertiary/aromatic N) is 3. The minimum Gasteiger partial charge on any atom is -0.467 e. The summed E-state index contributed by atoms with van der Waals surface area (Å²) in [5, 5.41) is 0.548. The van der Waals surface area contributed by atoms with Gasteiger partial charge in [-0.25, -0.2) is 13.4 Å². The maximum Gasteiger partial charge on any atom is 0.260 e. The van der Waals surface area contributed by atoms with Gasteiger partial charge in [-0.05, 0) is 54.4 Å². The lowest BCUT2D eigenvalue weighted by atomic mass is 10.1. The molecule has 0 radical (unpaired) electrons. The molecule has 36 heavy (non-hydrogen) atoms. The van der Waals surface area contributed by atoms with Crippen LogP contribution in [0.1, 0.15) is 28.6 Å². The Morgan fingerprint density at radius 2 is 1.78 bits per heavy atom. The van der Waals surface area contributed by atoms with Gasteiger partial charge in [-0.3, -0.25) is 9.69 Å². The van der Waals surface area contributed by atoms with Gasteiger partial charge < -0.3 is 4.42 Å². The van der Waals surface area contributed by atoms with E-state index in [4.69, 9.17) is 9.40 Å². The average molecular weight is 522 g/mol. The van der Waals surface area contributed by atoms with Crippen LogP contribution in [0.15, 0.2) is 95.5 Å². The average Bonchev–Trinajstić information content (AvgIpc) is 3.56. The van der Waals surface area contributed by atoms with Gasteiger partial charge in [-0.1, -0.05) is 42.5 Å². The molecule has 9 heteroatoms. The number of fused-ring (bicyclic) bond motifs is 1. The van der Waals surface area contributed by atoms with Crippen molar-refractivity contribution in [2.45, 2.75) is 24.8 Å². The van der Waals surface area contributed by atoms with Gasteiger partial charge in [0, 0.05) is 18.7 Å².